The molecule has 0 bridgehead atoms. The Balaban J connectivity index is 2.18. The molecule has 0 aliphatic carbocycles. The van der Waals surface area contributed by atoms with Crippen LogP contribution in [0.25, 0.3) is 0 Å². The quantitative estimate of drug-likeness (QED) is 0.643. The van der Waals surface area contributed by atoms with Gasteiger partial charge in [-0.2, -0.15) is 0 Å². The summed E-state index contributed by atoms with van der Waals surface area (Å²) in [6.45, 7) is 2.61. The first-order chi connectivity index (χ1) is 5.86. The van der Waals surface area contributed by atoms with Crippen LogP contribution in [0.3, 0.4) is 0 Å². The highest BCUT2D eigenvalue weighted by Gasteiger charge is 2.17. The summed E-state index contributed by atoms with van der Waals surface area (Å²) in [5.41, 5.74) is 5.60. The normalized spacial score (nSPS) is 27.0. The van der Waals surface area contributed by atoms with Gasteiger partial charge < -0.3 is 15.8 Å². The molecule has 2 atom stereocenters. The molecule has 1 heterocycles. The van der Waals surface area contributed by atoms with Gasteiger partial charge in [0.2, 0.25) is 0 Å². The predicted molar refractivity (Wildman–Crippen MR) is 50.1 cm³/mol. The van der Waals surface area contributed by atoms with Crippen molar-refractivity contribution in [3.8, 4) is 0 Å². The molecule has 0 amide bonds. The van der Waals surface area contributed by atoms with Gasteiger partial charge in [-0.3, -0.25) is 0 Å². The van der Waals surface area contributed by atoms with E-state index in [4.69, 9.17) is 10.5 Å². The van der Waals surface area contributed by atoms with Gasteiger partial charge in [0.15, 0.2) is 0 Å². The molecule has 3 N–H and O–H groups in total. The van der Waals surface area contributed by atoms with E-state index >= 15 is 0 Å². The fraction of sp³-hybridized carbons (Fsp3) is 1.00. The molecule has 12 heavy (non-hydrogen) atoms. The number of hydrogen-bond donors (Lipinski definition) is 2. The molecule has 3 nitrogen and oxygen atoms in total. The molecule has 72 valence electrons. The number of rotatable bonds is 4. The van der Waals surface area contributed by atoms with Crippen molar-refractivity contribution in [2.45, 2.75) is 25.3 Å². The molecule has 3 heteroatoms. The third kappa shape index (κ3) is 3.09. The monoisotopic (exact) mass is 172 g/mol. The van der Waals surface area contributed by atoms with Crippen molar-refractivity contribution >= 4 is 0 Å². The average Bonchev–Trinajstić information content (AvgIpc) is 2.16. The maximum absolute atomic E-state index is 5.60. The second kappa shape index (κ2) is 5.51. The minimum absolute atomic E-state index is 0.469. The van der Waals surface area contributed by atoms with Crippen LogP contribution in [-0.2, 0) is 4.74 Å². The molecule has 0 aromatic rings. The maximum atomic E-state index is 5.60. The summed E-state index contributed by atoms with van der Waals surface area (Å²) in [4.78, 5) is 0. The van der Waals surface area contributed by atoms with Crippen molar-refractivity contribution in [2.24, 2.45) is 11.7 Å². The van der Waals surface area contributed by atoms with Crippen LogP contribution in [0.4, 0.5) is 0 Å². The summed E-state index contributed by atoms with van der Waals surface area (Å²) in [5, 5.41) is 3.22. The van der Waals surface area contributed by atoms with Crippen LogP contribution in [0.1, 0.15) is 19.3 Å². The average molecular weight is 172 g/mol. The summed E-state index contributed by atoms with van der Waals surface area (Å²) in [6, 6.07) is 0.469. The van der Waals surface area contributed by atoms with Gasteiger partial charge in [-0.25, -0.2) is 0 Å². The van der Waals surface area contributed by atoms with Crippen molar-refractivity contribution in [1.29, 1.82) is 0 Å². The zero-order chi connectivity index (χ0) is 8.81. The molecule has 1 fully saturated rings. The highest BCUT2D eigenvalue weighted by atomic mass is 16.5. The molecular formula is C9H20N2O. The summed E-state index contributed by atoms with van der Waals surface area (Å²) >= 11 is 0. The van der Waals surface area contributed by atoms with Crippen LogP contribution >= 0.6 is 0 Å². The van der Waals surface area contributed by atoms with Crippen LogP contribution in [-0.4, -0.2) is 32.8 Å². The molecule has 0 aromatic heterocycles. The zero-order valence-corrected chi connectivity index (χ0v) is 7.88. The summed E-state index contributed by atoms with van der Waals surface area (Å²) < 4.78 is 5.40. The molecule has 0 radical (unpaired) electrons. The van der Waals surface area contributed by atoms with Crippen LogP contribution in [0.15, 0.2) is 0 Å². The number of hydrogen-bond acceptors (Lipinski definition) is 3. The second-order valence-electron chi connectivity index (χ2n) is 3.54. The minimum atomic E-state index is 0.469. The topological polar surface area (TPSA) is 47.3 Å². The lowest BCUT2D eigenvalue weighted by Gasteiger charge is -2.25. The van der Waals surface area contributed by atoms with E-state index in [1.54, 1.807) is 0 Å². The van der Waals surface area contributed by atoms with Crippen molar-refractivity contribution in [2.75, 3.05) is 26.8 Å². The molecule has 1 saturated heterocycles. The molecule has 0 spiro atoms. The standard InChI is InChI=1S/C9H20N2O/c1-11-9(6-10)5-8-3-2-4-12-7-8/h8-9,11H,2-7,10H2,1H3/t8-,9+/m1/s1. The molecule has 0 aromatic carbocycles. The van der Waals surface area contributed by atoms with Crippen molar-refractivity contribution in [3.05, 3.63) is 0 Å². The lowest BCUT2D eigenvalue weighted by atomic mass is 9.94. The lowest BCUT2D eigenvalue weighted by molar-refractivity contribution is 0.0482. The number of nitrogens with two attached hydrogens (primary N) is 1. The SMILES string of the molecule is CN[C@H](CN)C[C@H]1CCCOC1. The zero-order valence-electron chi connectivity index (χ0n) is 7.88. The Morgan fingerprint density at radius 2 is 2.50 bits per heavy atom. The van der Waals surface area contributed by atoms with Crippen molar-refractivity contribution in [3.63, 3.8) is 0 Å². The first-order valence-corrected chi connectivity index (χ1v) is 4.82. The van der Waals surface area contributed by atoms with E-state index in [0.717, 1.165) is 32.1 Å². The molecule has 1 aliphatic heterocycles. The lowest BCUT2D eigenvalue weighted by Crippen LogP contribution is -2.36. The summed E-state index contributed by atoms with van der Waals surface area (Å²) in [7, 11) is 1.97. The number of likely N-dealkylation sites (N-methyl/N-ethyl adjacent to an activating group) is 1. The van der Waals surface area contributed by atoms with Crippen molar-refractivity contribution < 1.29 is 4.74 Å². The third-order valence-corrected chi connectivity index (χ3v) is 2.57. The Hall–Kier alpha value is -0.120. The first kappa shape index (κ1) is 9.96. The van der Waals surface area contributed by atoms with Crippen LogP contribution in [0.2, 0.25) is 0 Å². The van der Waals surface area contributed by atoms with Gasteiger partial charge in [0.1, 0.15) is 0 Å². The van der Waals surface area contributed by atoms with E-state index in [-0.39, 0.29) is 0 Å². The van der Waals surface area contributed by atoms with Gasteiger partial charge in [-0.05, 0) is 32.2 Å². The van der Waals surface area contributed by atoms with Gasteiger partial charge in [0.25, 0.3) is 0 Å². The van der Waals surface area contributed by atoms with Gasteiger partial charge in [-0.15, -0.1) is 0 Å². The fourth-order valence-electron chi connectivity index (χ4n) is 1.73. The second-order valence-corrected chi connectivity index (χ2v) is 3.54. The van der Waals surface area contributed by atoms with E-state index in [9.17, 15) is 0 Å². The fourth-order valence-corrected chi connectivity index (χ4v) is 1.73. The summed E-state index contributed by atoms with van der Waals surface area (Å²) in [6.07, 6.45) is 3.68. The molecular weight excluding hydrogens is 152 g/mol. The number of nitrogens with one attached hydrogen (secondary N) is 1. The van der Waals surface area contributed by atoms with Crippen LogP contribution < -0.4 is 11.1 Å². The Morgan fingerprint density at radius 1 is 1.67 bits per heavy atom. The van der Waals surface area contributed by atoms with Gasteiger partial charge in [0, 0.05) is 25.8 Å². The van der Waals surface area contributed by atoms with E-state index < -0.39 is 0 Å². The first-order valence-electron chi connectivity index (χ1n) is 4.82. The summed E-state index contributed by atoms with van der Waals surface area (Å²) in [5.74, 6) is 0.722. The van der Waals surface area contributed by atoms with Gasteiger partial charge in [-0.1, -0.05) is 0 Å². The molecule has 0 saturated carbocycles. The van der Waals surface area contributed by atoms with E-state index in [0.29, 0.717) is 6.04 Å². The molecule has 0 unspecified atom stereocenters. The predicted octanol–water partition coefficient (Wildman–Crippen LogP) is 0.350. The third-order valence-electron chi connectivity index (χ3n) is 2.57. The van der Waals surface area contributed by atoms with E-state index in [1.807, 2.05) is 7.05 Å². The van der Waals surface area contributed by atoms with Crippen LogP contribution in [0.5, 0.6) is 0 Å². The largest absolute Gasteiger partial charge is 0.381 e. The highest BCUT2D eigenvalue weighted by Crippen LogP contribution is 2.18. The van der Waals surface area contributed by atoms with Gasteiger partial charge >= 0.3 is 0 Å². The maximum Gasteiger partial charge on any atom is 0.0494 e. The Morgan fingerprint density at radius 3 is 3.00 bits per heavy atom. The van der Waals surface area contributed by atoms with E-state index in [2.05, 4.69) is 5.32 Å². The van der Waals surface area contributed by atoms with E-state index in [1.165, 1.54) is 12.8 Å². The Bertz CT molecular complexity index is 109. The highest BCUT2D eigenvalue weighted by molar-refractivity contribution is 4.72. The molecule has 1 rings (SSSR count). The Labute approximate surface area is 74.7 Å². The van der Waals surface area contributed by atoms with Crippen LogP contribution in [0, 0.1) is 5.92 Å². The Kier molecular flexibility index (Phi) is 4.58. The number of ether oxygens (including phenoxy) is 1. The minimum Gasteiger partial charge on any atom is -0.381 e. The smallest absolute Gasteiger partial charge is 0.0494 e. The van der Waals surface area contributed by atoms with Gasteiger partial charge in [0.05, 0.1) is 0 Å². The molecule has 1 aliphatic rings. The van der Waals surface area contributed by atoms with Crippen molar-refractivity contribution in [1.82, 2.24) is 5.32 Å².